The van der Waals surface area contributed by atoms with Gasteiger partial charge >= 0.3 is 0 Å². The number of hydrogen-bond acceptors (Lipinski definition) is 1. The molecular weight excluding hydrogens is 278 g/mol. The number of hydrogen-bond donors (Lipinski definition) is 1. The molecule has 0 heterocycles. The average Bonchev–Trinajstić information content (AvgIpc) is 3.32. The van der Waals surface area contributed by atoms with Gasteiger partial charge in [-0.15, -0.1) is 0 Å². The Kier molecular flexibility index (Phi) is 4.32. The van der Waals surface area contributed by atoms with E-state index in [0.717, 1.165) is 18.0 Å². The van der Waals surface area contributed by atoms with E-state index in [1.165, 1.54) is 24.0 Å². The zero-order valence-electron chi connectivity index (χ0n) is 12.5. The maximum Gasteiger partial charge on any atom is 0.0454 e. The van der Waals surface area contributed by atoms with Gasteiger partial charge in [0.05, 0.1) is 0 Å². The van der Waals surface area contributed by atoms with Crippen LogP contribution in [-0.2, 0) is 5.41 Å². The van der Waals surface area contributed by atoms with Gasteiger partial charge in [-0.1, -0.05) is 67.1 Å². The van der Waals surface area contributed by atoms with E-state index in [9.17, 15) is 0 Å². The third kappa shape index (κ3) is 2.86. The Morgan fingerprint density at radius 2 is 1.71 bits per heavy atom. The fraction of sp³-hybridized carbons (Fsp3) is 0.368. The second-order valence-corrected chi connectivity index (χ2v) is 6.34. The smallest absolute Gasteiger partial charge is 0.0454 e. The van der Waals surface area contributed by atoms with Crippen LogP contribution in [0.2, 0.25) is 5.02 Å². The van der Waals surface area contributed by atoms with Crippen LogP contribution in [0.15, 0.2) is 54.6 Å². The second-order valence-electron chi connectivity index (χ2n) is 5.93. The van der Waals surface area contributed by atoms with Gasteiger partial charge < -0.3 is 5.32 Å². The van der Waals surface area contributed by atoms with Gasteiger partial charge in [0.1, 0.15) is 0 Å². The summed E-state index contributed by atoms with van der Waals surface area (Å²) in [5.41, 5.74) is 2.87. The fourth-order valence-electron chi connectivity index (χ4n) is 3.25. The van der Waals surface area contributed by atoms with Crippen molar-refractivity contribution in [2.75, 3.05) is 6.54 Å². The van der Waals surface area contributed by atoms with Crippen molar-refractivity contribution in [2.24, 2.45) is 0 Å². The molecule has 1 atom stereocenters. The van der Waals surface area contributed by atoms with E-state index in [1.807, 2.05) is 12.1 Å². The van der Waals surface area contributed by atoms with E-state index in [0.29, 0.717) is 6.04 Å². The third-order valence-corrected chi connectivity index (χ3v) is 4.85. The minimum atomic E-state index is 0.210. The third-order valence-electron chi connectivity index (χ3n) is 4.50. The minimum absolute atomic E-state index is 0.210. The summed E-state index contributed by atoms with van der Waals surface area (Å²) < 4.78 is 0. The van der Waals surface area contributed by atoms with Gasteiger partial charge in [-0.25, -0.2) is 0 Å². The monoisotopic (exact) mass is 299 g/mol. The first-order valence-electron chi connectivity index (χ1n) is 7.81. The molecular formula is C19H22ClN. The quantitative estimate of drug-likeness (QED) is 0.781. The average molecular weight is 300 g/mol. The van der Waals surface area contributed by atoms with E-state index >= 15 is 0 Å². The van der Waals surface area contributed by atoms with Crippen molar-refractivity contribution in [2.45, 2.75) is 37.6 Å². The molecule has 0 aromatic heterocycles. The Labute approximate surface area is 132 Å². The molecule has 0 saturated heterocycles. The molecule has 1 fully saturated rings. The summed E-state index contributed by atoms with van der Waals surface area (Å²) in [5.74, 6) is 0. The zero-order chi connectivity index (χ0) is 14.7. The van der Waals surface area contributed by atoms with Gasteiger partial charge in [-0.2, -0.15) is 0 Å². The van der Waals surface area contributed by atoms with Gasteiger partial charge in [0.2, 0.25) is 0 Å². The molecule has 21 heavy (non-hydrogen) atoms. The predicted octanol–water partition coefficient (Wildman–Crippen LogP) is 5.11. The molecule has 0 bridgehead atoms. The van der Waals surface area contributed by atoms with Crippen LogP contribution in [-0.4, -0.2) is 6.54 Å². The van der Waals surface area contributed by atoms with Crippen molar-refractivity contribution in [1.82, 2.24) is 5.32 Å². The van der Waals surface area contributed by atoms with E-state index in [1.54, 1.807) is 0 Å². The summed E-state index contributed by atoms with van der Waals surface area (Å²) in [6, 6.07) is 19.4. The lowest BCUT2D eigenvalue weighted by Crippen LogP contribution is -2.33. The minimum Gasteiger partial charge on any atom is -0.309 e. The molecule has 2 aromatic rings. The molecule has 1 aliphatic carbocycles. The maximum absolute atomic E-state index is 6.48. The normalized spacial score (nSPS) is 17.4. The summed E-state index contributed by atoms with van der Waals surface area (Å²) in [7, 11) is 0. The van der Waals surface area contributed by atoms with Crippen LogP contribution >= 0.6 is 11.6 Å². The molecule has 0 radical (unpaired) electrons. The highest BCUT2D eigenvalue weighted by atomic mass is 35.5. The van der Waals surface area contributed by atoms with Crippen LogP contribution in [0.1, 0.15) is 43.4 Å². The standard InChI is InChI=1S/C19H22ClN/c1-2-14-21-18(16-10-6-7-11-17(16)20)19(12-13-19)15-8-4-3-5-9-15/h3-11,18,21H,2,12-14H2,1H3. The van der Waals surface area contributed by atoms with Crippen molar-refractivity contribution in [3.8, 4) is 0 Å². The predicted molar refractivity (Wildman–Crippen MR) is 89.8 cm³/mol. The molecule has 1 unspecified atom stereocenters. The fourth-order valence-corrected chi connectivity index (χ4v) is 3.49. The van der Waals surface area contributed by atoms with Crippen LogP contribution in [0.5, 0.6) is 0 Å². The van der Waals surface area contributed by atoms with E-state index in [2.05, 4.69) is 54.7 Å². The molecule has 3 rings (SSSR count). The Bertz CT molecular complexity index is 590. The van der Waals surface area contributed by atoms with Crippen LogP contribution in [0.25, 0.3) is 0 Å². The summed E-state index contributed by atoms with van der Waals surface area (Å²) in [6.45, 7) is 3.23. The van der Waals surface area contributed by atoms with E-state index in [4.69, 9.17) is 11.6 Å². The number of halogens is 1. The topological polar surface area (TPSA) is 12.0 Å². The van der Waals surface area contributed by atoms with Gasteiger partial charge in [0, 0.05) is 16.5 Å². The van der Waals surface area contributed by atoms with Crippen LogP contribution in [0.3, 0.4) is 0 Å². The van der Waals surface area contributed by atoms with Gasteiger partial charge in [-0.05, 0) is 43.0 Å². The van der Waals surface area contributed by atoms with Crippen molar-refractivity contribution in [1.29, 1.82) is 0 Å². The molecule has 2 aromatic carbocycles. The molecule has 0 aliphatic heterocycles. The van der Waals surface area contributed by atoms with Gasteiger partial charge in [-0.3, -0.25) is 0 Å². The molecule has 0 spiro atoms. The van der Waals surface area contributed by atoms with Crippen molar-refractivity contribution in [3.63, 3.8) is 0 Å². The van der Waals surface area contributed by atoms with Crippen LogP contribution in [0.4, 0.5) is 0 Å². The van der Waals surface area contributed by atoms with E-state index in [-0.39, 0.29) is 5.41 Å². The molecule has 110 valence electrons. The van der Waals surface area contributed by atoms with Crippen molar-refractivity contribution in [3.05, 3.63) is 70.7 Å². The highest BCUT2D eigenvalue weighted by Crippen LogP contribution is 2.57. The summed E-state index contributed by atoms with van der Waals surface area (Å²) in [4.78, 5) is 0. The second kappa shape index (κ2) is 6.21. The lowest BCUT2D eigenvalue weighted by Gasteiger charge is -2.30. The molecule has 2 heteroatoms. The Morgan fingerprint density at radius 3 is 2.33 bits per heavy atom. The number of rotatable bonds is 6. The number of benzene rings is 2. The van der Waals surface area contributed by atoms with E-state index < -0.39 is 0 Å². The Balaban J connectivity index is 1.99. The lowest BCUT2D eigenvalue weighted by molar-refractivity contribution is 0.429. The molecule has 1 aliphatic rings. The summed E-state index contributed by atoms with van der Waals surface area (Å²) in [6.07, 6.45) is 3.58. The molecule has 0 amide bonds. The number of nitrogens with one attached hydrogen (secondary N) is 1. The Morgan fingerprint density at radius 1 is 1.05 bits per heavy atom. The largest absolute Gasteiger partial charge is 0.309 e. The van der Waals surface area contributed by atoms with Crippen LogP contribution in [0, 0.1) is 0 Å². The Hall–Kier alpha value is -1.31. The molecule has 1 saturated carbocycles. The van der Waals surface area contributed by atoms with Crippen molar-refractivity contribution >= 4 is 11.6 Å². The van der Waals surface area contributed by atoms with Crippen molar-refractivity contribution < 1.29 is 0 Å². The first-order valence-corrected chi connectivity index (χ1v) is 8.19. The summed E-state index contributed by atoms with van der Waals surface area (Å²) >= 11 is 6.48. The first kappa shape index (κ1) is 14.6. The molecule has 1 N–H and O–H groups in total. The van der Waals surface area contributed by atoms with Crippen LogP contribution < -0.4 is 5.32 Å². The lowest BCUT2D eigenvalue weighted by atomic mass is 9.83. The maximum atomic E-state index is 6.48. The highest BCUT2D eigenvalue weighted by molar-refractivity contribution is 6.31. The highest BCUT2D eigenvalue weighted by Gasteiger charge is 2.51. The first-order chi connectivity index (χ1) is 10.3. The zero-order valence-corrected chi connectivity index (χ0v) is 13.2. The summed E-state index contributed by atoms with van der Waals surface area (Å²) in [5, 5.41) is 4.61. The van der Waals surface area contributed by atoms with Gasteiger partial charge in [0.15, 0.2) is 0 Å². The SMILES string of the molecule is CCCNC(c1ccccc1Cl)C1(c2ccccc2)CC1. The molecule has 1 nitrogen and oxygen atoms in total. The van der Waals surface area contributed by atoms with Gasteiger partial charge in [0.25, 0.3) is 0 Å².